The Bertz CT molecular complexity index is 759. The van der Waals surface area contributed by atoms with Gasteiger partial charge in [-0.25, -0.2) is 4.79 Å². The number of hydrogen-bond donors (Lipinski definition) is 2. The zero-order valence-corrected chi connectivity index (χ0v) is 16.0. The number of carboxylic acids is 1. The summed E-state index contributed by atoms with van der Waals surface area (Å²) in [5.74, 6) is -1.01. The van der Waals surface area contributed by atoms with Gasteiger partial charge in [0.25, 0.3) is 0 Å². The monoisotopic (exact) mass is 381 g/mol. The number of nitrogens with zero attached hydrogens (tertiary/aromatic N) is 2. The van der Waals surface area contributed by atoms with E-state index in [-0.39, 0.29) is 18.0 Å². The minimum Gasteiger partial charge on any atom is -0.481 e. The normalized spacial score (nSPS) is 19.0. The van der Waals surface area contributed by atoms with E-state index in [1.807, 2.05) is 35.2 Å². The largest absolute Gasteiger partial charge is 0.481 e. The third kappa shape index (κ3) is 5.81. The van der Waals surface area contributed by atoms with E-state index in [0.717, 1.165) is 12.0 Å². The second kappa shape index (κ2) is 9.88. The van der Waals surface area contributed by atoms with Gasteiger partial charge < -0.3 is 15.3 Å². The first-order valence-corrected chi connectivity index (χ1v) is 9.83. The van der Waals surface area contributed by atoms with E-state index >= 15 is 0 Å². The SMILES string of the molecule is O=C(O)C1CCC(NC(=O)N(CCc2ccccc2)Cc2ccncc2)CC1. The molecule has 2 N–H and O–H groups in total. The van der Waals surface area contributed by atoms with Crippen LogP contribution in [0.15, 0.2) is 54.9 Å². The van der Waals surface area contributed by atoms with Crippen molar-refractivity contribution in [3.63, 3.8) is 0 Å². The number of benzene rings is 1. The van der Waals surface area contributed by atoms with Gasteiger partial charge in [-0.05, 0) is 55.4 Å². The molecule has 6 nitrogen and oxygen atoms in total. The van der Waals surface area contributed by atoms with Crippen molar-refractivity contribution in [2.24, 2.45) is 5.92 Å². The van der Waals surface area contributed by atoms with Crippen molar-refractivity contribution in [3.8, 4) is 0 Å². The molecule has 6 heteroatoms. The molecule has 1 aliphatic carbocycles. The van der Waals surface area contributed by atoms with Gasteiger partial charge in [0.05, 0.1) is 5.92 Å². The van der Waals surface area contributed by atoms with Crippen molar-refractivity contribution in [2.45, 2.75) is 44.7 Å². The highest BCUT2D eigenvalue weighted by atomic mass is 16.4. The highest BCUT2D eigenvalue weighted by molar-refractivity contribution is 5.75. The van der Waals surface area contributed by atoms with Crippen molar-refractivity contribution in [2.75, 3.05) is 6.54 Å². The number of carbonyl (C=O) groups excluding carboxylic acids is 1. The maximum Gasteiger partial charge on any atom is 0.317 e. The van der Waals surface area contributed by atoms with E-state index in [0.29, 0.717) is 38.8 Å². The third-order valence-corrected chi connectivity index (χ3v) is 5.33. The number of carbonyl (C=O) groups is 2. The fraction of sp³-hybridized carbons (Fsp3) is 0.409. The van der Waals surface area contributed by atoms with E-state index in [9.17, 15) is 9.59 Å². The molecule has 1 heterocycles. The molecule has 0 bridgehead atoms. The van der Waals surface area contributed by atoms with Gasteiger partial charge in [0.1, 0.15) is 0 Å². The minimum absolute atomic E-state index is 0.0414. The predicted molar refractivity (Wildman–Crippen MR) is 107 cm³/mol. The standard InChI is InChI=1S/C22H27N3O3/c26-21(27)19-6-8-20(9-7-19)24-22(28)25(16-18-10-13-23-14-11-18)15-12-17-4-2-1-3-5-17/h1-5,10-11,13-14,19-20H,6-9,12,15-16H2,(H,24,28)(H,26,27). The molecule has 28 heavy (non-hydrogen) atoms. The summed E-state index contributed by atoms with van der Waals surface area (Å²) in [4.78, 5) is 29.9. The zero-order chi connectivity index (χ0) is 19.8. The first kappa shape index (κ1) is 19.9. The molecule has 0 saturated heterocycles. The fourth-order valence-electron chi connectivity index (χ4n) is 3.62. The van der Waals surface area contributed by atoms with Crippen molar-refractivity contribution in [1.29, 1.82) is 0 Å². The number of amides is 2. The molecular weight excluding hydrogens is 354 g/mol. The molecule has 148 valence electrons. The molecule has 0 aliphatic heterocycles. The molecule has 1 aromatic carbocycles. The summed E-state index contributed by atoms with van der Waals surface area (Å²) < 4.78 is 0. The molecule has 1 aliphatic rings. The van der Waals surface area contributed by atoms with E-state index in [2.05, 4.69) is 22.4 Å². The van der Waals surface area contributed by atoms with Gasteiger partial charge in [-0.15, -0.1) is 0 Å². The zero-order valence-electron chi connectivity index (χ0n) is 16.0. The van der Waals surface area contributed by atoms with Crippen LogP contribution >= 0.6 is 0 Å². The Morgan fingerprint density at radius 2 is 1.68 bits per heavy atom. The maximum atomic E-state index is 12.9. The summed E-state index contributed by atoms with van der Waals surface area (Å²) in [6, 6.07) is 13.9. The van der Waals surface area contributed by atoms with Crippen LogP contribution in [0, 0.1) is 5.92 Å². The highest BCUT2D eigenvalue weighted by Crippen LogP contribution is 2.24. The summed E-state index contributed by atoms with van der Waals surface area (Å²) >= 11 is 0. The molecule has 1 fully saturated rings. The van der Waals surface area contributed by atoms with E-state index in [1.165, 1.54) is 5.56 Å². The Hall–Kier alpha value is -2.89. The van der Waals surface area contributed by atoms with Crippen LogP contribution in [0.5, 0.6) is 0 Å². The van der Waals surface area contributed by atoms with Crippen molar-refractivity contribution >= 4 is 12.0 Å². The molecule has 3 rings (SSSR count). The molecule has 1 saturated carbocycles. The topological polar surface area (TPSA) is 82.5 Å². The van der Waals surface area contributed by atoms with Crippen LogP contribution in [0.25, 0.3) is 0 Å². The maximum absolute atomic E-state index is 12.9. The Kier molecular flexibility index (Phi) is 7.00. The fourth-order valence-corrected chi connectivity index (χ4v) is 3.62. The molecule has 1 aromatic heterocycles. The summed E-state index contributed by atoms with van der Waals surface area (Å²) in [6.07, 6.45) is 6.91. The van der Waals surface area contributed by atoms with Crippen LogP contribution in [0.3, 0.4) is 0 Å². The average molecular weight is 381 g/mol. The summed E-state index contributed by atoms with van der Waals surface area (Å²) in [7, 11) is 0. The molecule has 0 atom stereocenters. The molecule has 2 amide bonds. The highest BCUT2D eigenvalue weighted by Gasteiger charge is 2.27. The Balaban J connectivity index is 1.60. The molecule has 0 radical (unpaired) electrons. The lowest BCUT2D eigenvalue weighted by Gasteiger charge is -2.30. The average Bonchev–Trinajstić information content (AvgIpc) is 2.73. The lowest BCUT2D eigenvalue weighted by atomic mass is 9.86. The smallest absolute Gasteiger partial charge is 0.317 e. The van der Waals surface area contributed by atoms with Crippen LogP contribution in [0.1, 0.15) is 36.8 Å². The van der Waals surface area contributed by atoms with E-state index in [1.54, 1.807) is 12.4 Å². The van der Waals surface area contributed by atoms with Gasteiger partial charge in [-0.1, -0.05) is 30.3 Å². The summed E-state index contributed by atoms with van der Waals surface area (Å²) in [5.41, 5.74) is 2.23. The second-order valence-electron chi connectivity index (χ2n) is 7.35. The number of aromatic nitrogens is 1. The predicted octanol–water partition coefficient (Wildman–Crippen LogP) is 3.48. The van der Waals surface area contributed by atoms with Gasteiger partial charge in [-0.3, -0.25) is 9.78 Å². The third-order valence-electron chi connectivity index (χ3n) is 5.33. The Morgan fingerprint density at radius 3 is 2.32 bits per heavy atom. The Morgan fingerprint density at radius 1 is 1.00 bits per heavy atom. The van der Waals surface area contributed by atoms with Crippen LogP contribution in [-0.4, -0.2) is 39.6 Å². The number of nitrogens with one attached hydrogen (secondary N) is 1. The lowest BCUT2D eigenvalue weighted by Crippen LogP contribution is -2.46. The summed E-state index contributed by atoms with van der Waals surface area (Å²) in [6.45, 7) is 1.13. The second-order valence-corrected chi connectivity index (χ2v) is 7.35. The van der Waals surface area contributed by atoms with Gasteiger partial charge in [-0.2, -0.15) is 0 Å². The van der Waals surface area contributed by atoms with Crippen LogP contribution < -0.4 is 5.32 Å². The number of rotatable bonds is 7. The van der Waals surface area contributed by atoms with Crippen molar-refractivity contribution in [3.05, 3.63) is 66.0 Å². The summed E-state index contributed by atoms with van der Waals surface area (Å²) in [5, 5.41) is 12.2. The van der Waals surface area contributed by atoms with E-state index in [4.69, 9.17) is 5.11 Å². The van der Waals surface area contributed by atoms with Crippen molar-refractivity contribution in [1.82, 2.24) is 15.2 Å². The Labute approximate surface area is 165 Å². The van der Waals surface area contributed by atoms with Crippen molar-refractivity contribution < 1.29 is 14.7 Å². The first-order chi connectivity index (χ1) is 13.6. The van der Waals surface area contributed by atoms with Gasteiger partial charge >= 0.3 is 12.0 Å². The number of urea groups is 1. The lowest BCUT2D eigenvalue weighted by molar-refractivity contribution is -0.142. The minimum atomic E-state index is -0.730. The number of aliphatic carboxylic acids is 1. The number of hydrogen-bond acceptors (Lipinski definition) is 3. The number of carboxylic acid groups (broad SMARTS) is 1. The van der Waals surface area contributed by atoms with Gasteiger partial charge in [0.15, 0.2) is 0 Å². The molecule has 0 spiro atoms. The van der Waals surface area contributed by atoms with Gasteiger partial charge in [0.2, 0.25) is 0 Å². The molecule has 2 aromatic rings. The van der Waals surface area contributed by atoms with Gasteiger partial charge in [0, 0.05) is 31.5 Å². The van der Waals surface area contributed by atoms with E-state index < -0.39 is 5.97 Å². The van der Waals surface area contributed by atoms with Crippen LogP contribution in [0.2, 0.25) is 0 Å². The van der Waals surface area contributed by atoms with Crippen LogP contribution in [0.4, 0.5) is 4.79 Å². The molecule has 0 unspecified atom stereocenters. The number of pyridine rings is 1. The first-order valence-electron chi connectivity index (χ1n) is 9.83. The van der Waals surface area contributed by atoms with Crippen LogP contribution in [-0.2, 0) is 17.8 Å². The quantitative estimate of drug-likeness (QED) is 0.769. The molecular formula is C22H27N3O3.